The Labute approximate surface area is 229 Å². The lowest BCUT2D eigenvalue weighted by Crippen LogP contribution is -2.41. The van der Waals surface area contributed by atoms with Crippen molar-refractivity contribution in [2.45, 2.75) is 38.8 Å². The molecule has 6 aromatic carbocycles. The van der Waals surface area contributed by atoms with E-state index in [9.17, 15) is 0 Å². The van der Waals surface area contributed by atoms with Crippen LogP contribution in [0, 0.1) is 0 Å². The summed E-state index contributed by atoms with van der Waals surface area (Å²) >= 11 is 0. The van der Waals surface area contributed by atoms with E-state index < -0.39 is 0 Å². The van der Waals surface area contributed by atoms with Crippen LogP contribution in [0.1, 0.15) is 33.3 Å². The van der Waals surface area contributed by atoms with E-state index >= 15 is 0 Å². The predicted octanol–water partition coefficient (Wildman–Crippen LogP) is 9.81. The van der Waals surface area contributed by atoms with Gasteiger partial charge in [0.05, 0.1) is 5.54 Å². The van der Waals surface area contributed by atoms with Crippen LogP contribution in [0.4, 0.5) is 0 Å². The Hall–Kier alpha value is -4.43. The molecule has 7 rings (SSSR count). The summed E-state index contributed by atoms with van der Waals surface area (Å²) in [6.07, 6.45) is 0. The Morgan fingerprint density at radius 1 is 0.513 bits per heavy atom. The lowest BCUT2D eigenvalue weighted by Gasteiger charge is -2.30. The summed E-state index contributed by atoms with van der Waals surface area (Å²) in [5.41, 5.74) is 5.30. The maximum atomic E-state index is 6.38. The molecule has 1 heterocycles. The van der Waals surface area contributed by atoms with Gasteiger partial charge in [0.15, 0.2) is 0 Å². The van der Waals surface area contributed by atoms with Gasteiger partial charge in [-0.3, -0.25) is 0 Å². The van der Waals surface area contributed by atoms with Crippen molar-refractivity contribution in [2.75, 3.05) is 0 Å². The van der Waals surface area contributed by atoms with Gasteiger partial charge in [-0.2, -0.15) is 0 Å². The third-order valence-electron chi connectivity index (χ3n) is 8.59. The van der Waals surface area contributed by atoms with Crippen molar-refractivity contribution in [2.24, 2.45) is 4.99 Å². The highest BCUT2D eigenvalue weighted by molar-refractivity contribution is 6.23. The van der Waals surface area contributed by atoms with Crippen LogP contribution >= 0.6 is 0 Å². The smallest absolute Gasteiger partial charge is 0.217 e. The molecule has 190 valence electrons. The van der Waals surface area contributed by atoms with E-state index in [2.05, 4.69) is 143 Å². The van der Waals surface area contributed by atoms with Crippen LogP contribution in [0.15, 0.2) is 120 Å². The molecule has 2 heteroatoms. The average Bonchev–Trinajstić information content (AvgIpc) is 3.18. The molecular weight excluding hydrogens is 474 g/mol. The molecule has 0 N–H and O–H groups in total. The average molecular weight is 506 g/mol. The van der Waals surface area contributed by atoms with E-state index in [0.717, 1.165) is 11.1 Å². The van der Waals surface area contributed by atoms with Gasteiger partial charge in [0, 0.05) is 5.56 Å². The van der Waals surface area contributed by atoms with Gasteiger partial charge < -0.3 is 4.74 Å². The second-order valence-corrected chi connectivity index (χ2v) is 11.5. The highest BCUT2D eigenvalue weighted by Gasteiger charge is 2.45. The van der Waals surface area contributed by atoms with Crippen LogP contribution < -0.4 is 0 Å². The molecule has 0 atom stereocenters. The molecule has 0 spiro atoms. The topological polar surface area (TPSA) is 21.6 Å². The van der Waals surface area contributed by atoms with Gasteiger partial charge in [0.1, 0.15) is 5.60 Å². The molecule has 0 radical (unpaired) electrons. The van der Waals surface area contributed by atoms with E-state index in [1.807, 2.05) is 0 Å². The highest BCUT2D eigenvalue weighted by Crippen LogP contribution is 2.45. The number of hydrogen-bond acceptors (Lipinski definition) is 2. The third-order valence-corrected chi connectivity index (χ3v) is 8.59. The lowest BCUT2D eigenvalue weighted by molar-refractivity contribution is 0.0619. The third kappa shape index (κ3) is 3.66. The molecule has 0 saturated heterocycles. The van der Waals surface area contributed by atoms with Crippen molar-refractivity contribution in [3.05, 3.63) is 121 Å². The number of benzene rings is 6. The zero-order valence-corrected chi connectivity index (χ0v) is 22.8. The van der Waals surface area contributed by atoms with E-state index in [1.165, 1.54) is 49.0 Å². The van der Waals surface area contributed by atoms with Crippen molar-refractivity contribution in [1.82, 2.24) is 0 Å². The molecule has 1 aliphatic rings. The fourth-order valence-electron chi connectivity index (χ4n) is 5.88. The maximum Gasteiger partial charge on any atom is 0.217 e. The molecule has 0 fully saturated rings. The molecular formula is C37H31NO. The SMILES string of the molecule is CC1(C)N=C(c2cccc(-c3c4ccccc4c(-c4cccc5ccccc45)c4ccccc34)c2)OC1(C)C. The van der Waals surface area contributed by atoms with Crippen LogP contribution in [0.3, 0.4) is 0 Å². The second kappa shape index (κ2) is 8.54. The molecule has 1 aliphatic heterocycles. The van der Waals surface area contributed by atoms with Crippen LogP contribution in [0.5, 0.6) is 0 Å². The standard InChI is InChI=1S/C37H31NO/c1-36(2)37(3,4)39-35(38-36)26-16-11-15-25(23-26)33-29-18-7-9-20-31(29)34(32-21-10-8-19-30(32)33)28-22-12-14-24-13-5-6-17-27(24)28/h5-23H,1-4H3. The summed E-state index contributed by atoms with van der Waals surface area (Å²) in [5.74, 6) is 0.716. The molecule has 2 nitrogen and oxygen atoms in total. The number of fused-ring (bicyclic) bond motifs is 3. The minimum atomic E-state index is -0.363. The summed E-state index contributed by atoms with van der Waals surface area (Å²) in [4.78, 5) is 4.98. The normalized spacial score (nSPS) is 15.9. The lowest BCUT2D eigenvalue weighted by atomic mass is 9.84. The maximum absolute atomic E-state index is 6.38. The van der Waals surface area contributed by atoms with Gasteiger partial charge >= 0.3 is 0 Å². The molecule has 0 amide bonds. The fraction of sp³-hybridized carbons (Fsp3) is 0.162. The van der Waals surface area contributed by atoms with E-state index in [-0.39, 0.29) is 11.1 Å². The molecule has 0 saturated carbocycles. The van der Waals surface area contributed by atoms with E-state index in [4.69, 9.17) is 9.73 Å². The summed E-state index contributed by atoms with van der Waals surface area (Å²) in [6.45, 7) is 8.49. The van der Waals surface area contributed by atoms with Gasteiger partial charge in [-0.05, 0) is 94.4 Å². The van der Waals surface area contributed by atoms with E-state index in [1.54, 1.807) is 0 Å². The molecule has 0 unspecified atom stereocenters. The number of nitrogens with zero attached hydrogens (tertiary/aromatic N) is 1. The number of rotatable bonds is 3. The number of hydrogen-bond donors (Lipinski definition) is 0. The summed E-state index contributed by atoms with van der Waals surface area (Å²) < 4.78 is 6.38. The van der Waals surface area contributed by atoms with Gasteiger partial charge in [-0.25, -0.2) is 4.99 Å². The van der Waals surface area contributed by atoms with Crippen molar-refractivity contribution in [3.8, 4) is 22.3 Å². The first-order valence-corrected chi connectivity index (χ1v) is 13.7. The second-order valence-electron chi connectivity index (χ2n) is 11.5. The Kier molecular flexibility index (Phi) is 5.18. The van der Waals surface area contributed by atoms with Crippen molar-refractivity contribution in [3.63, 3.8) is 0 Å². The van der Waals surface area contributed by atoms with E-state index in [0.29, 0.717) is 5.90 Å². The Morgan fingerprint density at radius 2 is 1.03 bits per heavy atom. The summed E-state index contributed by atoms with van der Waals surface area (Å²) in [6, 6.07) is 41.6. The largest absolute Gasteiger partial charge is 0.469 e. The first-order valence-electron chi connectivity index (χ1n) is 13.7. The minimum absolute atomic E-state index is 0.294. The fourth-order valence-corrected chi connectivity index (χ4v) is 5.88. The van der Waals surface area contributed by atoms with Crippen LogP contribution in [-0.2, 0) is 4.74 Å². The molecule has 0 bridgehead atoms. The van der Waals surface area contributed by atoms with Crippen LogP contribution in [0.25, 0.3) is 54.6 Å². The molecule has 0 aliphatic carbocycles. The molecule has 39 heavy (non-hydrogen) atoms. The van der Waals surface area contributed by atoms with Gasteiger partial charge in [0.25, 0.3) is 0 Å². The first-order chi connectivity index (χ1) is 18.8. The highest BCUT2D eigenvalue weighted by atomic mass is 16.5. The van der Waals surface area contributed by atoms with Gasteiger partial charge in [-0.15, -0.1) is 0 Å². The predicted molar refractivity (Wildman–Crippen MR) is 166 cm³/mol. The Bertz CT molecular complexity index is 1880. The zero-order chi connectivity index (χ0) is 26.8. The number of aliphatic imine (C=N–C) groups is 1. The van der Waals surface area contributed by atoms with Crippen molar-refractivity contribution < 1.29 is 4.74 Å². The summed E-state index contributed by atoms with van der Waals surface area (Å²) in [7, 11) is 0. The van der Waals surface area contributed by atoms with Crippen LogP contribution in [-0.4, -0.2) is 17.0 Å². The summed E-state index contributed by atoms with van der Waals surface area (Å²) in [5, 5.41) is 7.52. The Morgan fingerprint density at radius 3 is 1.64 bits per heavy atom. The quantitative estimate of drug-likeness (QED) is 0.219. The minimum Gasteiger partial charge on any atom is -0.469 e. The monoisotopic (exact) mass is 505 g/mol. The van der Waals surface area contributed by atoms with Crippen molar-refractivity contribution in [1.29, 1.82) is 0 Å². The van der Waals surface area contributed by atoms with Gasteiger partial charge in [0.2, 0.25) is 5.90 Å². The Balaban J connectivity index is 1.52. The first kappa shape index (κ1) is 23.7. The zero-order valence-electron chi connectivity index (χ0n) is 22.8. The number of ether oxygens (including phenoxy) is 1. The molecule has 0 aromatic heterocycles. The van der Waals surface area contributed by atoms with Crippen molar-refractivity contribution >= 4 is 38.2 Å². The van der Waals surface area contributed by atoms with Gasteiger partial charge in [-0.1, -0.05) is 103 Å². The molecule has 6 aromatic rings. The van der Waals surface area contributed by atoms with Crippen LogP contribution in [0.2, 0.25) is 0 Å².